The van der Waals surface area contributed by atoms with Crippen LogP contribution in [0.1, 0.15) is 24.8 Å². The molecular formula is C13H19N3O3S. The first kappa shape index (κ1) is 13.9. The quantitative estimate of drug-likeness (QED) is 0.823. The second-order valence-electron chi connectivity index (χ2n) is 5.42. The Morgan fingerprint density at radius 1 is 1.35 bits per heavy atom. The number of rotatable bonds is 4. The number of pyridine rings is 1. The molecule has 0 saturated carbocycles. The SMILES string of the molecule is O=S(=O)(NC1CCN2CCCC12)c1ccc(CO)cn1. The Labute approximate surface area is 118 Å². The number of nitrogens with zero attached hydrogens (tertiary/aromatic N) is 2. The molecule has 6 nitrogen and oxygen atoms in total. The summed E-state index contributed by atoms with van der Waals surface area (Å²) in [6.07, 6.45) is 4.46. The van der Waals surface area contributed by atoms with Crippen molar-refractivity contribution in [3.05, 3.63) is 23.9 Å². The summed E-state index contributed by atoms with van der Waals surface area (Å²) in [6.45, 7) is 1.90. The Kier molecular flexibility index (Phi) is 3.76. The predicted molar refractivity (Wildman–Crippen MR) is 73.5 cm³/mol. The Morgan fingerprint density at radius 3 is 2.90 bits per heavy atom. The number of aliphatic hydroxyl groups is 1. The van der Waals surface area contributed by atoms with Crippen LogP contribution in [0, 0.1) is 0 Å². The van der Waals surface area contributed by atoms with Crippen LogP contribution in [0.4, 0.5) is 0 Å². The molecule has 1 aromatic heterocycles. The monoisotopic (exact) mass is 297 g/mol. The fourth-order valence-corrected chi connectivity index (χ4v) is 4.38. The Bertz CT molecular complexity index is 573. The van der Waals surface area contributed by atoms with Gasteiger partial charge in [0.25, 0.3) is 10.0 Å². The smallest absolute Gasteiger partial charge is 0.258 e. The first-order valence-electron chi connectivity index (χ1n) is 6.92. The molecule has 0 bridgehead atoms. The summed E-state index contributed by atoms with van der Waals surface area (Å²) in [5.74, 6) is 0. The molecule has 0 spiro atoms. The molecule has 0 aromatic carbocycles. The summed E-state index contributed by atoms with van der Waals surface area (Å²) < 4.78 is 27.4. The van der Waals surface area contributed by atoms with Gasteiger partial charge in [0.1, 0.15) is 0 Å². The molecule has 3 heterocycles. The zero-order chi connectivity index (χ0) is 14.2. The molecule has 2 aliphatic heterocycles. The third-order valence-corrected chi connectivity index (χ3v) is 5.57. The average molecular weight is 297 g/mol. The summed E-state index contributed by atoms with van der Waals surface area (Å²) in [5.41, 5.74) is 0.604. The van der Waals surface area contributed by atoms with E-state index in [1.807, 2.05) is 0 Å². The van der Waals surface area contributed by atoms with Crippen molar-refractivity contribution in [1.29, 1.82) is 0 Å². The lowest BCUT2D eigenvalue weighted by Crippen LogP contribution is -2.42. The highest BCUT2D eigenvalue weighted by Crippen LogP contribution is 2.28. The number of hydrogen-bond donors (Lipinski definition) is 2. The number of hydrogen-bond acceptors (Lipinski definition) is 5. The summed E-state index contributed by atoms with van der Waals surface area (Å²) in [5, 5.41) is 8.97. The van der Waals surface area contributed by atoms with E-state index in [9.17, 15) is 8.42 Å². The van der Waals surface area contributed by atoms with Crippen molar-refractivity contribution < 1.29 is 13.5 Å². The number of sulfonamides is 1. The van der Waals surface area contributed by atoms with Gasteiger partial charge < -0.3 is 5.11 Å². The maximum atomic E-state index is 12.3. The van der Waals surface area contributed by atoms with E-state index in [1.54, 1.807) is 6.07 Å². The lowest BCUT2D eigenvalue weighted by Gasteiger charge is -2.20. The standard InChI is InChI=1S/C13H19N3O3S/c17-9-10-3-4-13(14-8-10)20(18,19)15-11-5-7-16-6-1-2-12(11)16/h3-4,8,11-12,15,17H,1-2,5-7,9H2. The van der Waals surface area contributed by atoms with Gasteiger partial charge in [-0.1, -0.05) is 6.07 Å². The Balaban J connectivity index is 1.74. The number of fused-ring (bicyclic) bond motifs is 1. The normalized spacial score (nSPS) is 26.9. The maximum Gasteiger partial charge on any atom is 0.258 e. The van der Waals surface area contributed by atoms with Gasteiger partial charge in [-0.2, -0.15) is 0 Å². The molecular weight excluding hydrogens is 278 g/mol. The summed E-state index contributed by atoms with van der Waals surface area (Å²) in [7, 11) is -3.58. The zero-order valence-corrected chi connectivity index (χ0v) is 12.0. The lowest BCUT2D eigenvalue weighted by atomic mass is 10.1. The molecule has 0 radical (unpaired) electrons. The largest absolute Gasteiger partial charge is 0.392 e. The highest BCUT2D eigenvalue weighted by Gasteiger charge is 2.39. The Morgan fingerprint density at radius 2 is 2.20 bits per heavy atom. The molecule has 2 fully saturated rings. The minimum absolute atomic E-state index is 0.0122. The molecule has 2 unspecified atom stereocenters. The van der Waals surface area contributed by atoms with E-state index in [-0.39, 0.29) is 17.7 Å². The van der Waals surface area contributed by atoms with Gasteiger partial charge in [0.2, 0.25) is 0 Å². The number of aromatic nitrogens is 1. The average Bonchev–Trinajstić information content (AvgIpc) is 3.04. The van der Waals surface area contributed by atoms with Gasteiger partial charge in [0.15, 0.2) is 5.03 Å². The lowest BCUT2D eigenvalue weighted by molar-refractivity contribution is 0.281. The molecule has 2 aliphatic rings. The zero-order valence-electron chi connectivity index (χ0n) is 11.2. The van der Waals surface area contributed by atoms with E-state index in [2.05, 4.69) is 14.6 Å². The van der Waals surface area contributed by atoms with Gasteiger partial charge >= 0.3 is 0 Å². The first-order chi connectivity index (χ1) is 9.60. The molecule has 2 atom stereocenters. The van der Waals surface area contributed by atoms with Crippen molar-refractivity contribution in [2.45, 2.75) is 43.0 Å². The van der Waals surface area contributed by atoms with Crippen molar-refractivity contribution in [2.75, 3.05) is 13.1 Å². The van der Waals surface area contributed by atoms with Gasteiger partial charge in [-0.3, -0.25) is 4.90 Å². The molecule has 110 valence electrons. The van der Waals surface area contributed by atoms with Crippen molar-refractivity contribution in [3.63, 3.8) is 0 Å². The molecule has 3 rings (SSSR count). The molecule has 2 N–H and O–H groups in total. The van der Waals surface area contributed by atoms with Crippen molar-refractivity contribution in [3.8, 4) is 0 Å². The van der Waals surface area contributed by atoms with Gasteiger partial charge in [0.05, 0.1) is 6.61 Å². The second kappa shape index (κ2) is 5.40. The molecule has 20 heavy (non-hydrogen) atoms. The summed E-state index contributed by atoms with van der Waals surface area (Å²) in [4.78, 5) is 6.28. The van der Waals surface area contributed by atoms with Crippen LogP contribution in [-0.2, 0) is 16.6 Å². The minimum Gasteiger partial charge on any atom is -0.392 e. The van der Waals surface area contributed by atoms with E-state index in [0.29, 0.717) is 11.6 Å². The van der Waals surface area contributed by atoms with Crippen LogP contribution in [0.25, 0.3) is 0 Å². The summed E-state index contributed by atoms with van der Waals surface area (Å²) in [6, 6.07) is 3.34. The van der Waals surface area contributed by atoms with Crippen molar-refractivity contribution in [2.24, 2.45) is 0 Å². The molecule has 1 aromatic rings. The van der Waals surface area contributed by atoms with E-state index in [1.165, 1.54) is 12.3 Å². The fraction of sp³-hybridized carbons (Fsp3) is 0.615. The number of aliphatic hydroxyl groups excluding tert-OH is 1. The molecule has 2 saturated heterocycles. The molecule has 0 aliphatic carbocycles. The Hall–Kier alpha value is -1.02. The van der Waals surface area contributed by atoms with Crippen LogP contribution in [0.2, 0.25) is 0 Å². The van der Waals surface area contributed by atoms with Gasteiger partial charge in [0, 0.05) is 24.8 Å². The van der Waals surface area contributed by atoms with Crippen molar-refractivity contribution in [1.82, 2.24) is 14.6 Å². The highest BCUT2D eigenvalue weighted by molar-refractivity contribution is 7.89. The van der Waals surface area contributed by atoms with Gasteiger partial charge in [-0.05, 0) is 37.4 Å². The summed E-state index contributed by atoms with van der Waals surface area (Å²) >= 11 is 0. The number of nitrogens with one attached hydrogen (secondary N) is 1. The van der Waals surface area contributed by atoms with Gasteiger partial charge in [-0.25, -0.2) is 18.1 Å². The molecule has 7 heteroatoms. The fourth-order valence-electron chi connectivity index (χ4n) is 3.14. The van der Waals surface area contributed by atoms with Crippen LogP contribution in [0.3, 0.4) is 0 Å². The van der Waals surface area contributed by atoms with Gasteiger partial charge in [-0.15, -0.1) is 0 Å². The molecule has 0 amide bonds. The third-order valence-electron chi connectivity index (χ3n) is 4.17. The maximum absolute atomic E-state index is 12.3. The second-order valence-corrected chi connectivity index (χ2v) is 7.09. The van der Waals surface area contributed by atoms with Crippen LogP contribution >= 0.6 is 0 Å². The highest BCUT2D eigenvalue weighted by atomic mass is 32.2. The van der Waals surface area contributed by atoms with E-state index in [0.717, 1.165) is 32.4 Å². The third kappa shape index (κ3) is 2.58. The topological polar surface area (TPSA) is 82.5 Å². The van der Waals surface area contributed by atoms with Crippen LogP contribution in [0.15, 0.2) is 23.4 Å². The van der Waals surface area contributed by atoms with Crippen LogP contribution < -0.4 is 4.72 Å². The minimum atomic E-state index is -3.58. The first-order valence-corrected chi connectivity index (χ1v) is 8.40. The van der Waals surface area contributed by atoms with Crippen LogP contribution in [0.5, 0.6) is 0 Å². The van der Waals surface area contributed by atoms with Crippen molar-refractivity contribution >= 4 is 10.0 Å². The van der Waals surface area contributed by atoms with E-state index in [4.69, 9.17) is 5.11 Å². The van der Waals surface area contributed by atoms with E-state index >= 15 is 0 Å². The predicted octanol–water partition coefficient (Wildman–Crippen LogP) is 0.0889. The van der Waals surface area contributed by atoms with E-state index < -0.39 is 10.0 Å². The van der Waals surface area contributed by atoms with Crippen LogP contribution in [-0.4, -0.2) is 48.6 Å².